The molecule has 10 heteroatoms. The number of likely N-dealkylation sites (tertiary alicyclic amines) is 1. The van der Waals surface area contributed by atoms with Gasteiger partial charge in [0.25, 0.3) is 5.91 Å². The van der Waals surface area contributed by atoms with E-state index in [1.165, 1.54) is 31.2 Å². The number of anilines is 1. The lowest BCUT2D eigenvalue weighted by Crippen LogP contribution is -2.45. The molecule has 0 bridgehead atoms. The van der Waals surface area contributed by atoms with Gasteiger partial charge in [0.2, 0.25) is 15.9 Å². The van der Waals surface area contributed by atoms with Gasteiger partial charge in [0, 0.05) is 24.2 Å². The molecule has 2 rings (SSSR count). The molecule has 1 heterocycles. The number of hydrogen-bond acceptors (Lipinski definition) is 6. The average molecular weight is 440 g/mol. The smallest absolute Gasteiger partial charge is 0.309 e. The summed E-state index contributed by atoms with van der Waals surface area (Å²) in [5.41, 5.74) is -0.115. The van der Waals surface area contributed by atoms with E-state index in [9.17, 15) is 22.8 Å². The van der Waals surface area contributed by atoms with Crippen LogP contribution in [-0.4, -0.2) is 50.3 Å². The number of hydrogen-bond donors (Lipinski definition) is 2. The largest absolute Gasteiger partial charge is 0.452 e. The highest BCUT2D eigenvalue weighted by molar-refractivity contribution is 7.89. The minimum absolute atomic E-state index is 0.0514. The van der Waals surface area contributed by atoms with E-state index >= 15 is 0 Å². The molecule has 1 fully saturated rings. The molecule has 166 valence electrons. The van der Waals surface area contributed by atoms with Gasteiger partial charge in [-0.3, -0.25) is 14.4 Å². The molecular weight excluding hydrogens is 410 g/mol. The van der Waals surface area contributed by atoms with E-state index in [1.807, 2.05) is 20.8 Å². The molecular formula is C20H29N3O6S. The summed E-state index contributed by atoms with van der Waals surface area (Å²) in [6.45, 7) is 8.00. The molecule has 30 heavy (non-hydrogen) atoms. The van der Waals surface area contributed by atoms with Crippen molar-refractivity contribution in [3.05, 3.63) is 24.3 Å². The fourth-order valence-electron chi connectivity index (χ4n) is 3.09. The number of ether oxygens (including phenoxy) is 1. The summed E-state index contributed by atoms with van der Waals surface area (Å²) in [5, 5.41) is 7.60. The molecule has 0 aromatic heterocycles. The minimum Gasteiger partial charge on any atom is -0.452 e. The molecule has 2 amide bonds. The van der Waals surface area contributed by atoms with E-state index in [0.717, 1.165) is 0 Å². The van der Waals surface area contributed by atoms with Gasteiger partial charge in [-0.15, -0.1) is 0 Å². The number of carbonyl (C=O) groups is 3. The molecule has 1 atom stereocenters. The second-order valence-electron chi connectivity index (χ2n) is 8.45. The quantitative estimate of drug-likeness (QED) is 0.667. The van der Waals surface area contributed by atoms with Crippen LogP contribution in [0.15, 0.2) is 29.2 Å². The highest BCUT2D eigenvalue weighted by atomic mass is 32.2. The van der Waals surface area contributed by atoms with Crippen molar-refractivity contribution >= 4 is 33.5 Å². The Balaban J connectivity index is 1.85. The fourth-order valence-corrected chi connectivity index (χ4v) is 3.60. The van der Waals surface area contributed by atoms with E-state index in [0.29, 0.717) is 31.6 Å². The third-order valence-corrected chi connectivity index (χ3v) is 5.80. The maximum atomic E-state index is 12.4. The average Bonchev–Trinajstić information content (AvgIpc) is 2.66. The van der Waals surface area contributed by atoms with Crippen molar-refractivity contribution in [1.29, 1.82) is 0 Å². The van der Waals surface area contributed by atoms with Crippen LogP contribution in [0.2, 0.25) is 0 Å². The standard InChI is InChI=1S/C20H29N3O6S/c1-13(17(24)22-15-5-7-16(8-6-15)30(21,27)28)29-18(25)14-9-11-23(12-10-14)19(26)20(2,3)4/h5-8,13-14H,9-12H2,1-4H3,(H,22,24)(H2,21,27,28). The van der Waals surface area contributed by atoms with E-state index in [4.69, 9.17) is 9.88 Å². The van der Waals surface area contributed by atoms with E-state index in [1.54, 1.807) is 4.90 Å². The van der Waals surface area contributed by atoms with Crippen LogP contribution in [0.5, 0.6) is 0 Å². The Morgan fingerprint density at radius 3 is 2.13 bits per heavy atom. The zero-order valence-electron chi connectivity index (χ0n) is 17.7. The Morgan fingerprint density at radius 2 is 1.67 bits per heavy atom. The van der Waals surface area contributed by atoms with Crippen molar-refractivity contribution in [3.63, 3.8) is 0 Å². The van der Waals surface area contributed by atoms with Crippen molar-refractivity contribution < 1.29 is 27.5 Å². The SMILES string of the molecule is CC(OC(=O)C1CCN(C(=O)C(C)(C)C)CC1)C(=O)Nc1ccc(S(N)(=O)=O)cc1. The first-order valence-electron chi connectivity index (χ1n) is 9.72. The maximum Gasteiger partial charge on any atom is 0.309 e. The third kappa shape index (κ3) is 6.27. The molecule has 9 nitrogen and oxygen atoms in total. The van der Waals surface area contributed by atoms with Crippen molar-refractivity contribution in [1.82, 2.24) is 4.90 Å². The zero-order chi connectivity index (χ0) is 22.7. The summed E-state index contributed by atoms with van der Waals surface area (Å²) in [6, 6.07) is 5.34. The van der Waals surface area contributed by atoms with Crippen LogP contribution in [-0.2, 0) is 29.1 Å². The van der Waals surface area contributed by atoms with Crippen molar-refractivity contribution in [2.24, 2.45) is 16.5 Å². The monoisotopic (exact) mass is 439 g/mol. The predicted octanol–water partition coefficient (Wildman–Crippen LogP) is 1.49. The first kappa shape index (κ1) is 23.8. The molecule has 0 saturated carbocycles. The second-order valence-corrected chi connectivity index (χ2v) is 10.0. The number of nitrogens with zero attached hydrogens (tertiary/aromatic N) is 1. The number of benzene rings is 1. The number of primary sulfonamides is 1. The molecule has 1 aliphatic rings. The first-order valence-corrected chi connectivity index (χ1v) is 11.3. The molecule has 1 aromatic carbocycles. The molecule has 0 aliphatic carbocycles. The van der Waals surface area contributed by atoms with Crippen LogP contribution in [0.4, 0.5) is 5.69 Å². The summed E-state index contributed by atoms with van der Waals surface area (Å²) in [6.07, 6.45) is -0.0433. The third-order valence-electron chi connectivity index (χ3n) is 4.87. The molecule has 1 aromatic rings. The van der Waals surface area contributed by atoms with E-state index < -0.39 is 33.4 Å². The Labute approximate surface area is 177 Å². The lowest BCUT2D eigenvalue weighted by atomic mass is 9.91. The van der Waals surface area contributed by atoms with Crippen molar-refractivity contribution in [3.8, 4) is 0 Å². The summed E-state index contributed by atoms with van der Waals surface area (Å²) in [7, 11) is -3.82. The molecule has 0 spiro atoms. The molecule has 1 unspecified atom stereocenters. The van der Waals surface area contributed by atoms with Gasteiger partial charge in [-0.05, 0) is 44.0 Å². The minimum atomic E-state index is -3.82. The van der Waals surface area contributed by atoms with Crippen LogP contribution in [0.25, 0.3) is 0 Å². The molecule has 1 aliphatic heterocycles. The van der Waals surface area contributed by atoms with Gasteiger partial charge in [-0.1, -0.05) is 20.8 Å². The number of carbonyl (C=O) groups excluding carboxylic acids is 3. The van der Waals surface area contributed by atoms with Crippen LogP contribution in [0.1, 0.15) is 40.5 Å². The van der Waals surface area contributed by atoms with E-state index in [2.05, 4.69) is 5.32 Å². The molecule has 1 saturated heterocycles. The topological polar surface area (TPSA) is 136 Å². The number of nitrogens with two attached hydrogens (primary N) is 1. The summed E-state index contributed by atoms with van der Waals surface area (Å²) >= 11 is 0. The number of sulfonamides is 1. The van der Waals surface area contributed by atoms with Crippen molar-refractivity contribution in [2.45, 2.75) is 51.5 Å². The number of rotatable bonds is 5. The van der Waals surface area contributed by atoms with Crippen LogP contribution < -0.4 is 10.5 Å². The number of esters is 1. The van der Waals surface area contributed by atoms with E-state index in [-0.39, 0.29) is 16.7 Å². The van der Waals surface area contributed by atoms with Gasteiger partial charge < -0.3 is 15.0 Å². The van der Waals surface area contributed by atoms with Gasteiger partial charge in [0.05, 0.1) is 10.8 Å². The number of nitrogens with one attached hydrogen (secondary N) is 1. The van der Waals surface area contributed by atoms with Crippen molar-refractivity contribution in [2.75, 3.05) is 18.4 Å². The highest BCUT2D eigenvalue weighted by Crippen LogP contribution is 2.24. The number of piperidine rings is 1. The Morgan fingerprint density at radius 1 is 1.13 bits per heavy atom. The molecule has 3 N–H and O–H groups in total. The lowest BCUT2D eigenvalue weighted by molar-refractivity contribution is -0.160. The van der Waals surface area contributed by atoms with Gasteiger partial charge in [-0.2, -0.15) is 0 Å². The Bertz CT molecular complexity index is 897. The summed E-state index contributed by atoms with van der Waals surface area (Å²) < 4.78 is 27.8. The van der Waals surface area contributed by atoms with Gasteiger partial charge in [0.15, 0.2) is 6.10 Å². The van der Waals surface area contributed by atoms with Gasteiger partial charge in [0.1, 0.15) is 0 Å². The molecule has 0 radical (unpaired) electrons. The first-order chi connectivity index (χ1) is 13.8. The van der Waals surface area contributed by atoms with Crippen LogP contribution >= 0.6 is 0 Å². The van der Waals surface area contributed by atoms with Crippen LogP contribution in [0, 0.1) is 11.3 Å². The highest BCUT2D eigenvalue weighted by Gasteiger charge is 2.34. The predicted molar refractivity (Wildman–Crippen MR) is 111 cm³/mol. The fraction of sp³-hybridized carbons (Fsp3) is 0.550. The maximum absolute atomic E-state index is 12.4. The van der Waals surface area contributed by atoms with Gasteiger partial charge >= 0.3 is 5.97 Å². The lowest BCUT2D eigenvalue weighted by Gasteiger charge is -2.35. The summed E-state index contributed by atoms with van der Waals surface area (Å²) in [4.78, 5) is 38.7. The normalized spacial score (nSPS) is 16.6. The van der Waals surface area contributed by atoms with Crippen LogP contribution in [0.3, 0.4) is 0 Å². The Kier molecular flexibility index (Phi) is 7.25. The van der Waals surface area contributed by atoms with Gasteiger partial charge in [-0.25, -0.2) is 13.6 Å². The number of amides is 2. The summed E-state index contributed by atoms with van der Waals surface area (Å²) in [5.74, 6) is -1.31. The second kappa shape index (κ2) is 9.13. The zero-order valence-corrected chi connectivity index (χ0v) is 18.5. The Hall–Kier alpha value is -2.46.